The van der Waals surface area contributed by atoms with Crippen molar-refractivity contribution >= 4 is 10.8 Å². The van der Waals surface area contributed by atoms with E-state index in [1.54, 1.807) is 6.26 Å². The third-order valence-corrected chi connectivity index (χ3v) is 3.29. The first-order chi connectivity index (χ1) is 7.88. The van der Waals surface area contributed by atoms with Crippen molar-refractivity contribution in [3.63, 3.8) is 0 Å². The van der Waals surface area contributed by atoms with Gasteiger partial charge in [0.2, 0.25) is 0 Å². The molecule has 0 amide bonds. The first kappa shape index (κ1) is 14.4. The maximum Gasteiger partial charge on any atom is 0.0948 e. The van der Waals surface area contributed by atoms with Crippen LogP contribution in [0.2, 0.25) is 0 Å². The predicted octanol–water partition coefficient (Wildman–Crippen LogP) is 1.54. The lowest BCUT2D eigenvalue weighted by molar-refractivity contribution is 0.415. The highest BCUT2D eigenvalue weighted by Gasteiger charge is 2.10. The summed E-state index contributed by atoms with van der Waals surface area (Å²) in [6, 6.07) is 0. The number of hydrogen-bond acceptors (Lipinski definition) is 3. The Morgan fingerprint density at radius 1 is 1.47 bits per heavy atom. The van der Waals surface area contributed by atoms with Gasteiger partial charge < -0.3 is 9.88 Å². The summed E-state index contributed by atoms with van der Waals surface area (Å²) in [5.41, 5.74) is 1.29. The van der Waals surface area contributed by atoms with E-state index in [2.05, 4.69) is 35.6 Å². The fourth-order valence-electron chi connectivity index (χ4n) is 1.49. The average molecular weight is 257 g/mol. The highest BCUT2D eigenvalue weighted by molar-refractivity contribution is 7.84. The van der Waals surface area contributed by atoms with Gasteiger partial charge in [-0.1, -0.05) is 0 Å². The summed E-state index contributed by atoms with van der Waals surface area (Å²) < 4.78 is 13.1. The van der Waals surface area contributed by atoms with E-state index in [0.29, 0.717) is 0 Å². The number of aryl methyl sites for hydroxylation is 1. The molecule has 1 rings (SSSR count). The van der Waals surface area contributed by atoms with Crippen molar-refractivity contribution < 1.29 is 4.21 Å². The minimum Gasteiger partial charge on any atom is -0.333 e. The second-order valence-electron chi connectivity index (χ2n) is 5.31. The smallest absolute Gasteiger partial charge is 0.0948 e. The number of nitrogens with one attached hydrogen (secondary N) is 1. The average Bonchev–Trinajstić information content (AvgIpc) is 2.61. The molecule has 0 bridgehead atoms. The third kappa shape index (κ3) is 5.98. The molecule has 1 N–H and O–H groups in total. The molecule has 0 aliphatic rings. The highest BCUT2D eigenvalue weighted by Crippen LogP contribution is 2.05. The summed E-state index contributed by atoms with van der Waals surface area (Å²) in [5.74, 6) is 0.754. The lowest BCUT2D eigenvalue weighted by Crippen LogP contribution is -2.35. The van der Waals surface area contributed by atoms with Crippen LogP contribution >= 0.6 is 0 Å². The zero-order valence-corrected chi connectivity index (χ0v) is 12.0. The van der Waals surface area contributed by atoms with Gasteiger partial charge in [-0.25, -0.2) is 4.98 Å². The first-order valence-electron chi connectivity index (χ1n) is 5.92. The zero-order valence-electron chi connectivity index (χ0n) is 11.2. The zero-order chi connectivity index (χ0) is 12.9. The molecule has 1 aromatic rings. The number of rotatable bonds is 6. The Balaban J connectivity index is 2.45. The van der Waals surface area contributed by atoms with Crippen molar-refractivity contribution in [2.75, 3.05) is 12.0 Å². The Bertz CT molecular complexity index is 368. The van der Waals surface area contributed by atoms with Crippen LogP contribution in [0.4, 0.5) is 0 Å². The maximum absolute atomic E-state index is 11.0. The third-order valence-electron chi connectivity index (χ3n) is 2.43. The van der Waals surface area contributed by atoms with Crippen molar-refractivity contribution in [2.24, 2.45) is 0 Å². The molecule has 1 aromatic heterocycles. The highest BCUT2D eigenvalue weighted by atomic mass is 32.2. The summed E-state index contributed by atoms with van der Waals surface area (Å²) in [7, 11) is -0.701. The Morgan fingerprint density at radius 3 is 2.76 bits per heavy atom. The topological polar surface area (TPSA) is 46.9 Å². The Morgan fingerprint density at radius 2 is 2.18 bits per heavy atom. The van der Waals surface area contributed by atoms with E-state index in [4.69, 9.17) is 0 Å². The van der Waals surface area contributed by atoms with Gasteiger partial charge in [0.1, 0.15) is 0 Å². The predicted molar refractivity (Wildman–Crippen MR) is 72.4 cm³/mol. The van der Waals surface area contributed by atoms with Crippen LogP contribution in [0.5, 0.6) is 0 Å². The fraction of sp³-hybridized carbons (Fsp3) is 0.750. The molecule has 0 saturated carbocycles. The fourth-order valence-corrected chi connectivity index (χ4v) is 2.03. The standard InChI is InChI=1S/C12H23N3OS/c1-12(2,3)14-9-11-8-13-10-15(11)6-5-7-17(4)16/h8,10,14H,5-7,9H2,1-4H3. The minimum atomic E-state index is -0.701. The molecule has 0 fully saturated rings. The van der Waals surface area contributed by atoms with E-state index < -0.39 is 10.8 Å². The number of imidazole rings is 1. The molecule has 0 aliphatic heterocycles. The summed E-state index contributed by atoms with van der Waals surface area (Å²) in [4.78, 5) is 4.17. The number of hydrogen-bond donors (Lipinski definition) is 1. The van der Waals surface area contributed by atoms with Crippen LogP contribution in [0, 0.1) is 0 Å². The summed E-state index contributed by atoms with van der Waals surface area (Å²) >= 11 is 0. The van der Waals surface area contributed by atoms with Crippen LogP contribution in [0.3, 0.4) is 0 Å². The Kier molecular flexibility index (Phi) is 5.33. The molecule has 0 saturated heterocycles. The van der Waals surface area contributed by atoms with Gasteiger partial charge in [0.15, 0.2) is 0 Å². The SMILES string of the molecule is CS(=O)CCCn1cncc1CNC(C)(C)C. The molecular weight excluding hydrogens is 234 g/mol. The largest absolute Gasteiger partial charge is 0.333 e. The van der Waals surface area contributed by atoms with E-state index in [-0.39, 0.29) is 5.54 Å². The molecule has 5 heteroatoms. The lowest BCUT2D eigenvalue weighted by Gasteiger charge is -2.20. The second kappa shape index (κ2) is 6.31. The molecule has 1 heterocycles. The monoisotopic (exact) mass is 257 g/mol. The van der Waals surface area contributed by atoms with Crippen LogP contribution in [-0.4, -0.2) is 31.3 Å². The maximum atomic E-state index is 11.0. The quantitative estimate of drug-likeness (QED) is 0.841. The van der Waals surface area contributed by atoms with E-state index in [1.807, 2.05) is 12.5 Å². The summed E-state index contributed by atoms with van der Waals surface area (Å²) in [6.45, 7) is 8.15. The van der Waals surface area contributed by atoms with Crippen LogP contribution < -0.4 is 5.32 Å². The molecule has 0 aliphatic carbocycles. The molecule has 1 unspecified atom stereocenters. The van der Waals surface area contributed by atoms with E-state index in [0.717, 1.165) is 25.3 Å². The Hall–Kier alpha value is -0.680. The van der Waals surface area contributed by atoms with Gasteiger partial charge in [-0.3, -0.25) is 4.21 Å². The first-order valence-corrected chi connectivity index (χ1v) is 7.65. The van der Waals surface area contributed by atoms with Crippen LogP contribution in [-0.2, 0) is 23.9 Å². The van der Waals surface area contributed by atoms with Gasteiger partial charge in [0, 0.05) is 47.6 Å². The minimum absolute atomic E-state index is 0.111. The van der Waals surface area contributed by atoms with E-state index >= 15 is 0 Å². The van der Waals surface area contributed by atoms with Gasteiger partial charge in [-0.15, -0.1) is 0 Å². The molecule has 17 heavy (non-hydrogen) atoms. The van der Waals surface area contributed by atoms with Crippen LogP contribution in [0.25, 0.3) is 0 Å². The van der Waals surface area contributed by atoms with Crippen LogP contribution in [0.1, 0.15) is 32.9 Å². The summed E-state index contributed by atoms with van der Waals surface area (Å²) in [6.07, 6.45) is 6.41. The van der Waals surface area contributed by atoms with Crippen LogP contribution in [0.15, 0.2) is 12.5 Å². The second-order valence-corrected chi connectivity index (χ2v) is 6.87. The van der Waals surface area contributed by atoms with Gasteiger partial charge >= 0.3 is 0 Å². The molecule has 4 nitrogen and oxygen atoms in total. The van der Waals surface area contributed by atoms with Crippen molar-refractivity contribution in [2.45, 2.75) is 45.8 Å². The molecule has 0 radical (unpaired) electrons. The van der Waals surface area contributed by atoms with Crippen molar-refractivity contribution in [1.29, 1.82) is 0 Å². The Labute approximate surface area is 106 Å². The van der Waals surface area contributed by atoms with Crippen molar-refractivity contribution in [1.82, 2.24) is 14.9 Å². The molecule has 0 aromatic carbocycles. The van der Waals surface area contributed by atoms with Crippen molar-refractivity contribution in [3.8, 4) is 0 Å². The molecule has 0 spiro atoms. The molecule has 1 atom stereocenters. The van der Waals surface area contributed by atoms with Gasteiger partial charge in [0.25, 0.3) is 0 Å². The van der Waals surface area contributed by atoms with E-state index in [1.165, 1.54) is 5.69 Å². The normalized spacial score (nSPS) is 13.9. The molecular formula is C12H23N3OS. The molecule has 98 valence electrons. The summed E-state index contributed by atoms with van der Waals surface area (Å²) in [5, 5.41) is 3.44. The van der Waals surface area contributed by atoms with Crippen molar-refractivity contribution in [3.05, 3.63) is 18.2 Å². The van der Waals surface area contributed by atoms with E-state index in [9.17, 15) is 4.21 Å². The number of aromatic nitrogens is 2. The number of nitrogens with zero attached hydrogens (tertiary/aromatic N) is 2. The van der Waals surface area contributed by atoms with Gasteiger partial charge in [0.05, 0.1) is 12.0 Å². The lowest BCUT2D eigenvalue weighted by atomic mass is 10.1. The van der Waals surface area contributed by atoms with Gasteiger partial charge in [-0.2, -0.15) is 0 Å². The van der Waals surface area contributed by atoms with Gasteiger partial charge in [-0.05, 0) is 27.2 Å².